The van der Waals surface area contributed by atoms with Crippen molar-refractivity contribution in [2.75, 3.05) is 6.54 Å². The molecule has 1 rings (SSSR count). The van der Waals surface area contributed by atoms with Crippen molar-refractivity contribution in [3.05, 3.63) is 29.8 Å². The number of hydrogen-bond donors (Lipinski definition) is 1. The molecule has 1 aromatic rings. The molecule has 0 saturated carbocycles. The molecule has 0 spiro atoms. The highest BCUT2D eigenvalue weighted by Gasteiger charge is 2.12. The van der Waals surface area contributed by atoms with Gasteiger partial charge in [-0.05, 0) is 37.0 Å². The minimum atomic E-state index is -3.32. The van der Waals surface area contributed by atoms with E-state index in [-0.39, 0.29) is 0 Å². The molecule has 0 aromatic heterocycles. The van der Waals surface area contributed by atoms with Gasteiger partial charge in [0, 0.05) is 6.54 Å². The Labute approximate surface area is 130 Å². The van der Waals surface area contributed by atoms with Gasteiger partial charge in [0.15, 0.2) is 0 Å². The van der Waals surface area contributed by atoms with Crippen molar-refractivity contribution in [2.24, 2.45) is 0 Å². The molecule has 1 N–H and O–H groups in total. The number of sulfonamides is 1. The lowest BCUT2D eigenvalue weighted by Gasteiger charge is -2.07. The SMILES string of the molecule is CCCCCCCCc1ccc(S(=O)(=O)NCCC)cc1. The van der Waals surface area contributed by atoms with Crippen LogP contribution < -0.4 is 4.72 Å². The molecule has 0 atom stereocenters. The summed E-state index contributed by atoms with van der Waals surface area (Å²) >= 11 is 0. The average molecular weight is 311 g/mol. The molecule has 0 amide bonds. The number of nitrogens with one attached hydrogen (secondary N) is 1. The van der Waals surface area contributed by atoms with E-state index in [0.29, 0.717) is 11.4 Å². The maximum Gasteiger partial charge on any atom is 0.240 e. The minimum absolute atomic E-state index is 0.364. The van der Waals surface area contributed by atoms with Crippen molar-refractivity contribution in [2.45, 2.75) is 70.1 Å². The topological polar surface area (TPSA) is 46.2 Å². The summed E-state index contributed by atoms with van der Waals surface area (Å²) in [4.78, 5) is 0.364. The van der Waals surface area contributed by atoms with Gasteiger partial charge in [0.05, 0.1) is 4.90 Å². The lowest BCUT2D eigenvalue weighted by atomic mass is 10.1. The predicted molar refractivity (Wildman–Crippen MR) is 89.0 cm³/mol. The summed E-state index contributed by atoms with van der Waals surface area (Å²) in [6.45, 7) is 4.67. The largest absolute Gasteiger partial charge is 0.240 e. The van der Waals surface area contributed by atoms with Crippen molar-refractivity contribution >= 4 is 10.0 Å². The maximum absolute atomic E-state index is 12.0. The fourth-order valence-electron chi connectivity index (χ4n) is 2.26. The lowest BCUT2D eigenvalue weighted by Crippen LogP contribution is -2.24. The predicted octanol–water partition coefficient (Wildman–Crippen LogP) is 4.28. The summed E-state index contributed by atoms with van der Waals surface area (Å²) in [6.07, 6.45) is 9.53. The van der Waals surface area contributed by atoms with Crippen LogP contribution in [-0.2, 0) is 16.4 Å². The molecule has 3 nitrogen and oxygen atoms in total. The van der Waals surface area contributed by atoms with Crippen molar-refractivity contribution in [3.8, 4) is 0 Å². The second kappa shape index (κ2) is 9.96. The molecule has 0 saturated heterocycles. The van der Waals surface area contributed by atoms with Gasteiger partial charge in [-0.25, -0.2) is 13.1 Å². The summed E-state index contributed by atoms with van der Waals surface area (Å²) in [6, 6.07) is 7.30. The zero-order valence-electron chi connectivity index (χ0n) is 13.4. The monoisotopic (exact) mass is 311 g/mol. The summed E-state index contributed by atoms with van der Waals surface area (Å²) in [5.41, 5.74) is 1.22. The van der Waals surface area contributed by atoms with Crippen LogP contribution in [0.1, 0.15) is 64.4 Å². The summed E-state index contributed by atoms with van der Waals surface area (Å²) in [7, 11) is -3.32. The second-order valence-corrected chi connectivity index (χ2v) is 7.33. The Morgan fingerprint density at radius 3 is 2.10 bits per heavy atom. The normalized spacial score (nSPS) is 11.7. The zero-order valence-corrected chi connectivity index (χ0v) is 14.2. The summed E-state index contributed by atoms with van der Waals surface area (Å²) < 4.78 is 26.5. The van der Waals surface area contributed by atoms with Crippen LogP contribution in [0, 0.1) is 0 Å². The molecule has 0 bridgehead atoms. The van der Waals surface area contributed by atoms with E-state index in [9.17, 15) is 8.42 Å². The lowest BCUT2D eigenvalue weighted by molar-refractivity contribution is 0.580. The number of hydrogen-bond acceptors (Lipinski definition) is 2. The highest BCUT2D eigenvalue weighted by molar-refractivity contribution is 7.89. The van der Waals surface area contributed by atoms with Crippen molar-refractivity contribution < 1.29 is 8.42 Å². The molecule has 4 heteroatoms. The van der Waals surface area contributed by atoms with Crippen LogP contribution in [0.25, 0.3) is 0 Å². The van der Waals surface area contributed by atoms with E-state index in [4.69, 9.17) is 0 Å². The van der Waals surface area contributed by atoms with Crippen molar-refractivity contribution in [3.63, 3.8) is 0 Å². The average Bonchev–Trinajstić information content (AvgIpc) is 2.49. The summed E-state index contributed by atoms with van der Waals surface area (Å²) in [5.74, 6) is 0. The Kier molecular flexibility index (Phi) is 8.62. The fourth-order valence-corrected chi connectivity index (χ4v) is 3.40. The Morgan fingerprint density at radius 1 is 0.857 bits per heavy atom. The van der Waals surface area contributed by atoms with Gasteiger partial charge in [0.2, 0.25) is 10.0 Å². The van der Waals surface area contributed by atoms with Crippen LogP contribution in [0.15, 0.2) is 29.2 Å². The Morgan fingerprint density at radius 2 is 1.48 bits per heavy atom. The quantitative estimate of drug-likeness (QED) is 0.620. The van der Waals surface area contributed by atoms with E-state index < -0.39 is 10.0 Å². The molecule has 0 fully saturated rings. The molecule has 0 aliphatic carbocycles. The van der Waals surface area contributed by atoms with E-state index in [1.54, 1.807) is 12.1 Å². The Balaban J connectivity index is 2.40. The van der Waals surface area contributed by atoms with Gasteiger partial charge in [-0.15, -0.1) is 0 Å². The van der Waals surface area contributed by atoms with E-state index >= 15 is 0 Å². The third kappa shape index (κ3) is 7.09. The first-order chi connectivity index (χ1) is 10.1. The fraction of sp³-hybridized carbons (Fsp3) is 0.647. The van der Waals surface area contributed by atoms with Gasteiger partial charge in [0.25, 0.3) is 0 Å². The molecule has 1 aromatic carbocycles. The first kappa shape index (κ1) is 18.2. The van der Waals surface area contributed by atoms with Crippen molar-refractivity contribution in [1.82, 2.24) is 4.72 Å². The van der Waals surface area contributed by atoms with E-state index in [2.05, 4.69) is 11.6 Å². The number of benzene rings is 1. The smallest absolute Gasteiger partial charge is 0.211 e. The van der Waals surface area contributed by atoms with Crippen LogP contribution in [0.2, 0.25) is 0 Å². The molecule has 0 unspecified atom stereocenters. The molecule has 120 valence electrons. The zero-order chi connectivity index (χ0) is 15.6. The first-order valence-corrected chi connectivity index (χ1v) is 9.67. The molecule has 0 aliphatic rings. The Hall–Kier alpha value is -0.870. The van der Waals surface area contributed by atoms with Gasteiger partial charge in [-0.2, -0.15) is 0 Å². The van der Waals surface area contributed by atoms with Crippen LogP contribution in [0.4, 0.5) is 0 Å². The van der Waals surface area contributed by atoms with E-state index in [1.807, 2.05) is 19.1 Å². The van der Waals surface area contributed by atoms with Crippen LogP contribution in [-0.4, -0.2) is 15.0 Å². The third-order valence-corrected chi connectivity index (χ3v) is 5.07. The van der Waals surface area contributed by atoms with Crippen LogP contribution in [0.3, 0.4) is 0 Å². The first-order valence-electron chi connectivity index (χ1n) is 8.18. The van der Waals surface area contributed by atoms with Crippen LogP contribution >= 0.6 is 0 Å². The summed E-state index contributed by atoms with van der Waals surface area (Å²) in [5, 5.41) is 0. The van der Waals surface area contributed by atoms with Crippen LogP contribution in [0.5, 0.6) is 0 Å². The van der Waals surface area contributed by atoms with E-state index in [0.717, 1.165) is 12.8 Å². The standard InChI is InChI=1S/C17H29NO2S/c1-3-5-6-7-8-9-10-16-11-13-17(14-12-16)21(19,20)18-15-4-2/h11-14,18H,3-10,15H2,1-2H3. The molecule has 21 heavy (non-hydrogen) atoms. The van der Waals surface area contributed by atoms with Crippen molar-refractivity contribution in [1.29, 1.82) is 0 Å². The molecule has 0 heterocycles. The number of unbranched alkanes of at least 4 members (excludes halogenated alkanes) is 5. The van der Waals surface area contributed by atoms with Gasteiger partial charge in [0.1, 0.15) is 0 Å². The Bertz CT molecular complexity index is 480. The highest BCUT2D eigenvalue weighted by Crippen LogP contribution is 2.13. The van der Waals surface area contributed by atoms with E-state index in [1.165, 1.54) is 44.1 Å². The highest BCUT2D eigenvalue weighted by atomic mass is 32.2. The molecular weight excluding hydrogens is 282 g/mol. The number of aryl methyl sites for hydroxylation is 1. The molecule has 0 aliphatic heterocycles. The minimum Gasteiger partial charge on any atom is -0.211 e. The second-order valence-electron chi connectivity index (χ2n) is 5.56. The van der Waals surface area contributed by atoms with Gasteiger partial charge >= 0.3 is 0 Å². The maximum atomic E-state index is 12.0. The molecular formula is C17H29NO2S. The molecule has 0 radical (unpaired) electrons. The number of rotatable bonds is 11. The van der Waals surface area contributed by atoms with Gasteiger partial charge in [-0.1, -0.05) is 58.1 Å². The third-order valence-electron chi connectivity index (χ3n) is 3.59. The van der Waals surface area contributed by atoms with Gasteiger partial charge < -0.3 is 0 Å². The van der Waals surface area contributed by atoms with Gasteiger partial charge in [-0.3, -0.25) is 0 Å².